The number of nitrogens with zero attached hydrogens (tertiary/aromatic N) is 5. The Morgan fingerprint density at radius 3 is 2.33 bits per heavy atom. The number of carbonyl (C=O) groups is 1. The van der Waals surface area contributed by atoms with Crippen molar-refractivity contribution in [2.24, 2.45) is 4.99 Å². The number of piperazine rings is 1. The molecule has 1 unspecified atom stereocenters. The standard InChI is InChI=1S/C29H33N7O5S/c1-18-15-19(2)31-27(30-18)33-28(34-29(42)32-21-16-20(38-3)9-10-22(21)39-4)36-13-11-35(12-14-36)26(37)25-17-40-23-7-5-6-8-24(23)41-25/h5-10,15-16,25H,11-14,17H2,1-4H3,(H2,30,31,32,33,34,42). The molecule has 220 valence electrons. The first-order valence-corrected chi connectivity index (χ1v) is 13.9. The molecular weight excluding hydrogens is 558 g/mol. The van der Waals surface area contributed by atoms with Crippen LogP contribution in [0.5, 0.6) is 23.0 Å². The van der Waals surface area contributed by atoms with Crippen LogP contribution in [-0.4, -0.2) is 89.9 Å². The van der Waals surface area contributed by atoms with Gasteiger partial charge in [-0.1, -0.05) is 12.1 Å². The fourth-order valence-corrected chi connectivity index (χ4v) is 4.89. The highest BCUT2D eigenvalue weighted by atomic mass is 32.1. The molecule has 0 saturated carbocycles. The van der Waals surface area contributed by atoms with Crippen molar-refractivity contribution in [2.75, 3.05) is 57.6 Å². The maximum Gasteiger partial charge on any atom is 0.267 e. The van der Waals surface area contributed by atoms with Gasteiger partial charge in [-0.15, -0.1) is 0 Å². The van der Waals surface area contributed by atoms with Crippen LogP contribution >= 0.6 is 12.2 Å². The van der Waals surface area contributed by atoms with E-state index in [1.165, 1.54) is 0 Å². The minimum Gasteiger partial charge on any atom is -0.497 e. The lowest BCUT2D eigenvalue weighted by molar-refractivity contribution is -0.142. The molecule has 3 heterocycles. The van der Waals surface area contributed by atoms with E-state index in [0.717, 1.165) is 11.4 Å². The van der Waals surface area contributed by atoms with Crippen molar-refractivity contribution in [3.05, 3.63) is 59.9 Å². The largest absolute Gasteiger partial charge is 0.497 e. The zero-order chi connectivity index (χ0) is 29.6. The van der Waals surface area contributed by atoms with Gasteiger partial charge in [0.2, 0.25) is 23.1 Å². The third-order valence-electron chi connectivity index (χ3n) is 6.74. The summed E-state index contributed by atoms with van der Waals surface area (Å²) in [6.07, 6.45) is -0.698. The number of aryl methyl sites for hydroxylation is 2. The van der Waals surface area contributed by atoms with Crippen molar-refractivity contribution >= 4 is 40.8 Å². The summed E-state index contributed by atoms with van der Waals surface area (Å²) < 4.78 is 22.5. The number of carbonyl (C=O) groups excluding carboxylic acids is 1. The molecule has 0 spiro atoms. The van der Waals surface area contributed by atoms with E-state index in [1.54, 1.807) is 43.4 Å². The van der Waals surface area contributed by atoms with Gasteiger partial charge in [-0.2, -0.15) is 4.99 Å². The number of hydrogen-bond donors (Lipinski definition) is 2. The monoisotopic (exact) mass is 591 g/mol. The van der Waals surface area contributed by atoms with Crippen LogP contribution in [0.4, 0.5) is 11.6 Å². The third kappa shape index (κ3) is 6.79. The fraction of sp³-hybridized carbons (Fsp3) is 0.345. The number of benzene rings is 2. The number of ether oxygens (including phenoxy) is 4. The van der Waals surface area contributed by atoms with Gasteiger partial charge in [-0.05, 0) is 56.4 Å². The SMILES string of the molecule is COc1ccc(OC)c(NC(=S)/N=C(/Nc2nc(C)cc(C)n2)N2CCN(C(=O)C3COc4ccccc4O3)CC2)c1. The molecule has 2 aromatic carbocycles. The number of nitrogens with one attached hydrogen (secondary N) is 2. The van der Waals surface area contributed by atoms with E-state index >= 15 is 0 Å². The van der Waals surface area contributed by atoms with Crippen molar-refractivity contribution in [1.29, 1.82) is 0 Å². The lowest BCUT2D eigenvalue weighted by atomic mass is 10.2. The van der Waals surface area contributed by atoms with E-state index in [1.807, 2.05) is 43.0 Å². The predicted octanol–water partition coefficient (Wildman–Crippen LogP) is 3.26. The minimum atomic E-state index is -0.698. The van der Waals surface area contributed by atoms with Gasteiger partial charge >= 0.3 is 0 Å². The number of methoxy groups -OCH3 is 2. The van der Waals surface area contributed by atoms with E-state index in [-0.39, 0.29) is 17.6 Å². The Bertz CT molecular complexity index is 1470. The first-order chi connectivity index (χ1) is 20.3. The Kier molecular flexibility index (Phi) is 8.86. The average molecular weight is 592 g/mol. The molecule has 1 fully saturated rings. The van der Waals surface area contributed by atoms with Crippen LogP contribution in [0.1, 0.15) is 11.4 Å². The van der Waals surface area contributed by atoms with Crippen LogP contribution in [0, 0.1) is 13.8 Å². The number of guanidine groups is 1. The Morgan fingerprint density at radius 2 is 1.64 bits per heavy atom. The van der Waals surface area contributed by atoms with E-state index in [4.69, 9.17) is 36.2 Å². The molecule has 12 nitrogen and oxygen atoms in total. The Labute approximate surface area is 249 Å². The van der Waals surface area contributed by atoms with E-state index in [2.05, 4.69) is 20.6 Å². The maximum atomic E-state index is 13.3. The first-order valence-electron chi connectivity index (χ1n) is 13.5. The van der Waals surface area contributed by atoms with Crippen LogP contribution in [0.3, 0.4) is 0 Å². The van der Waals surface area contributed by atoms with Gasteiger partial charge in [-0.3, -0.25) is 10.1 Å². The van der Waals surface area contributed by atoms with Gasteiger partial charge in [0.25, 0.3) is 5.91 Å². The number of thiocarbonyl (C=S) groups is 1. The number of anilines is 2. The van der Waals surface area contributed by atoms with Crippen molar-refractivity contribution in [3.63, 3.8) is 0 Å². The highest BCUT2D eigenvalue weighted by Crippen LogP contribution is 2.31. The summed E-state index contributed by atoms with van der Waals surface area (Å²) in [6, 6.07) is 14.6. The van der Waals surface area contributed by atoms with Gasteiger partial charge in [0, 0.05) is 43.6 Å². The predicted molar refractivity (Wildman–Crippen MR) is 163 cm³/mol. The van der Waals surface area contributed by atoms with Gasteiger partial charge in [0.15, 0.2) is 11.5 Å². The molecule has 1 atom stereocenters. The molecule has 5 rings (SSSR count). The Hall–Kier alpha value is -4.65. The molecule has 1 amide bonds. The molecule has 2 aliphatic heterocycles. The molecule has 1 saturated heterocycles. The second kappa shape index (κ2) is 12.9. The molecule has 0 radical (unpaired) electrons. The zero-order valence-electron chi connectivity index (χ0n) is 23.9. The van der Waals surface area contributed by atoms with Gasteiger partial charge in [0.05, 0.1) is 19.9 Å². The minimum absolute atomic E-state index is 0.115. The number of rotatable bonds is 5. The lowest BCUT2D eigenvalue weighted by Crippen LogP contribution is -2.56. The number of aliphatic imine (C=N–C) groups is 1. The molecule has 0 bridgehead atoms. The quantitative estimate of drug-likeness (QED) is 0.258. The van der Waals surface area contributed by atoms with Gasteiger partial charge < -0.3 is 34.1 Å². The Balaban J connectivity index is 1.31. The summed E-state index contributed by atoms with van der Waals surface area (Å²) in [5.41, 5.74) is 2.25. The zero-order valence-corrected chi connectivity index (χ0v) is 24.7. The van der Waals surface area contributed by atoms with E-state index < -0.39 is 6.10 Å². The average Bonchev–Trinajstić information content (AvgIpc) is 2.99. The summed E-state index contributed by atoms with van der Waals surface area (Å²) in [4.78, 5) is 30.8. The molecule has 2 N–H and O–H groups in total. The molecule has 1 aromatic heterocycles. The molecule has 0 aliphatic carbocycles. The van der Waals surface area contributed by atoms with Crippen LogP contribution in [0.15, 0.2) is 53.5 Å². The van der Waals surface area contributed by atoms with E-state index in [9.17, 15) is 4.79 Å². The number of aromatic nitrogens is 2. The van der Waals surface area contributed by atoms with Gasteiger partial charge in [0.1, 0.15) is 18.1 Å². The normalized spacial score (nSPS) is 16.5. The second-order valence-electron chi connectivity index (χ2n) is 9.71. The van der Waals surface area contributed by atoms with Crippen molar-refractivity contribution in [3.8, 4) is 23.0 Å². The summed E-state index contributed by atoms with van der Waals surface area (Å²) in [5, 5.41) is 6.56. The van der Waals surface area contributed by atoms with Crippen molar-refractivity contribution in [2.45, 2.75) is 20.0 Å². The molecular formula is C29H33N7O5S. The van der Waals surface area contributed by atoms with Crippen molar-refractivity contribution < 1.29 is 23.7 Å². The van der Waals surface area contributed by atoms with E-state index in [0.29, 0.717) is 66.8 Å². The topological polar surface area (TPSA) is 123 Å². The first kappa shape index (κ1) is 28.9. The second-order valence-corrected chi connectivity index (χ2v) is 10.1. The van der Waals surface area contributed by atoms with Crippen LogP contribution in [0.25, 0.3) is 0 Å². The van der Waals surface area contributed by atoms with Crippen LogP contribution in [-0.2, 0) is 4.79 Å². The number of hydrogen-bond acceptors (Lipinski definition) is 8. The fourth-order valence-electron chi connectivity index (χ4n) is 4.69. The number of fused-ring (bicyclic) bond motifs is 1. The molecule has 2 aliphatic rings. The van der Waals surface area contributed by atoms with Crippen LogP contribution in [0.2, 0.25) is 0 Å². The smallest absolute Gasteiger partial charge is 0.267 e. The van der Waals surface area contributed by atoms with Crippen LogP contribution < -0.4 is 29.6 Å². The summed E-state index contributed by atoms with van der Waals surface area (Å²) >= 11 is 5.62. The molecule has 13 heteroatoms. The third-order valence-corrected chi connectivity index (χ3v) is 6.93. The number of para-hydroxylation sites is 2. The van der Waals surface area contributed by atoms with Crippen molar-refractivity contribution in [1.82, 2.24) is 19.8 Å². The highest BCUT2D eigenvalue weighted by Gasteiger charge is 2.33. The summed E-state index contributed by atoms with van der Waals surface area (Å²) in [5.74, 6) is 3.18. The molecule has 3 aromatic rings. The summed E-state index contributed by atoms with van der Waals surface area (Å²) in [6.45, 7) is 5.88. The Morgan fingerprint density at radius 1 is 0.952 bits per heavy atom. The lowest BCUT2D eigenvalue weighted by Gasteiger charge is -2.38. The molecule has 42 heavy (non-hydrogen) atoms. The van der Waals surface area contributed by atoms with Gasteiger partial charge in [-0.25, -0.2) is 9.97 Å². The summed E-state index contributed by atoms with van der Waals surface area (Å²) in [7, 11) is 3.17. The highest BCUT2D eigenvalue weighted by molar-refractivity contribution is 7.80. The maximum absolute atomic E-state index is 13.3. The number of amides is 1.